The predicted octanol–water partition coefficient (Wildman–Crippen LogP) is 4.01. The number of hydrogen-bond donors (Lipinski definition) is 1. The van der Waals surface area contributed by atoms with E-state index in [-0.39, 0.29) is 6.61 Å². The molecule has 1 heteroatoms. The molecule has 0 saturated carbocycles. The Labute approximate surface area is 94.2 Å². The van der Waals surface area contributed by atoms with Gasteiger partial charge in [-0.15, -0.1) is 0 Å². The van der Waals surface area contributed by atoms with Crippen LogP contribution >= 0.6 is 0 Å². The standard InChI is InChI=1S/C14H24O/c1-12(2)6-5-7-14(10-11-15)9-8-13(3)4/h6,8,10,15H,5,7,9,11H2,1-4H3/b14-10+. The third-order valence-corrected chi connectivity index (χ3v) is 2.17. The lowest BCUT2D eigenvalue weighted by molar-refractivity contribution is 0.341. The first-order valence-electron chi connectivity index (χ1n) is 5.61. The van der Waals surface area contributed by atoms with Gasteiger partial charge in [-0.2, -0.15) is 0 Å². The summed E-state index contributed by atoms with van der Waals surface area (Å²) >= 11 is 0. The Hall–Kier alpha value is -0.820. The zero-order valence-corrected chi connectivity index (χ0v) is 10.5. The Morgan fingerprint density at radius 3 is 2.00 bits per heavy atom. The Morgan fingerprint density at radius 1 is 0.933 bits per heavy atom. The number of aliphatic hydroxyl groups is 1. The van der Waals surface area contributed by atoms with Crippen molar-refractivity contribution in [3.63, 3.8) is 0 Å². The maximum Gasteiger partial charge on any atom is 0.0615 e. The average Bonchev–Trinajstić information content (AvgIpc) is 2.13. The zero-order valence-electron chi connectivity index (χ0n) is 10.5. The molecule has 0 aromatic rings. The largest absolute Gasteiger partial charge is 0.392 e. The van der Waals surface area contributed by atoms with Gasteiger partial charge in [0.05, 0.1) is 6.61 Å². The Bertz CT molecular complexity index is 249. The minimum Gasteiger partial charge on any atom is -0.392 e. The SMILES string of the molecule is CC(C)=CCC/C(=C\CO)CC=C(C)C. The molecule has 0 aromatic carbocycles. The van der Waals surface area contributed by atoms with Crippen LogP contribution in [0.4, 0.5) is 0 Å². The molecule has 0 saturated heterocycles. The predicted molar refractivity (Wildman–Crippen MR) is 67.9 cm³/mol. The van der Waals surface area contributed by atoms with Crippen LogP contribution in [0.3, 0.4) is 0 Å². The molecule has 0 aromatic heterocycles. The van der Waals surface area contributed by atoms with Gasteiger partial charge in [0.1, 0.15) is 0 Å². The molecule has 0 amide bonds. The van der Waals surface area contributed by atoms with Gasteiger partial charge >= 0.3 is 0 Å². The van der Waals surface area contributed by atoms with Gasteiger partial charge in [0.2, 0.25) is 0 Å². The highest BCUT2D eigenvalue weighted by molar-refractivity contribution is 5.11. The van der Waals surface area contributed by atoms with Crippen LogP contribution in [0.2, 0.25) is 0 Å². The summed E-state index contributed by atoms with van der Waals surface area (Å²) in [5, 5.41) is 8.90. The molecule has 0 aliphatic rings. The van der Waals surface area contributed by atoms with Gasteiger partial charge in [0, 0.05) is 0 Å². The van der Waals surface area contributed by atoms with Gasteiger partial charge in [-0.3, -0.25) is 0 Å². The average molecular weight is 208 g/mol. The van der Waals surface area contributed by atoms with Crippen LogP contribution in [0.25, 0.3) is 0 Å². The van der Waals surface area contributed by atoms with Crippen molar-refractivity contribution in [3.05, 3.63) is 34.9 Å². The smallest absolute Gasteiger partial charge is 0.0615 e. The first kappa shape index (κ1) is 14.2. The second-order valence-electron chi connectivity index (χ2n) is 4.35. The summed E-state index contributed by atoms with van der Waals surface area (Å²) in [4.78, 5) is 0. The maximum absolute atomic E-state index is 8.90. The number of rotatable bonds is 6. The summed E-state index contributed by atoms with van der Waals surface area (Å²) in [5.41, 5.74) is 4.03. The molecule has 0 aliphatic carbocycles. The van der Waals surface area contributed by atoms with Crippen LogP contribution in [0, 0.1) is 0 Å². The highest BCUT2D eigenvalue weighted by atomic mass is 16.2. The van der Waals surface area contributed by atoms with Crippen molar-refractivity contribution in [1.82, 2.24) is 0 Å². The highest BCUT2D eigenvalue weighted by Gasteiger charge is 1.94. The lowest BCUT2D eigenvalue weighted by atomic mass is 10.0. The van der Waals surface area contributed by atoms with Crippen molar-refractivity contribution >= 4 is 0 Å². The Balaban J connectivity index is 4.12. The fourth-order valence-electron chi connectivity index (χ4n) is 1.30. The van der Waals surface area contributed by atoms with Crippen LogP contribution in [0.1, 0.15) is 47.0 Å². The van der Waals surface area contributed by atoms with Crippen LogP contribution in [-0.4, -0.2) is 11.7 Å². The van der Waals surface area contributed by atoms with Crippen LogP contribution in [0.15, 0.2) is 34.9 Å². The van der Waals surface area contributed by atoms with Gasteiger partial charge in [0.25, 0.3) is 0 Å². The Morgan fingerprint density at radius 2 is 1.53 bits per heavy atom. The van der Waals surface area contributed by atoms with E-state index in [2.05, 4.69) is 39.8 Å². The third-order valence-electron chi connectivity index (χ3n) is 2.17. The summed E-state index contributed by atoms with van der Waals surface area (Å²) in [6.07, 6.45) is 9.48. The van der Waals surface area contributed by atoms with Crippen molar-refractivity contribution in [1.29, 1.82) is 0 Å². The summed E-state index contributed by atoms with van der Waals surface area (Å²) in [7, 11) is 0. The van der Waals surface area contributed by atoms with E-state index in [0.29, 0.717) is 0 Å². The molecule has 1 N–H and O–H groups in total. The van der Waals surface area contributed by atoms with Crippen LogP contribution < -0.4 is 0 Å². The van der Waals surface area contributed by atoms with E-state index >= 15 is 0 Å². The second-order valence-corrected chi connectivity index (χ2v) is 4.35. The van der Waals surface area contributed by atoms with Crippen molar-refractivity contribution < 1.29 is 5.11 Å². The van der Waals surface area contributed by atoms with Crippen molar-refractivity contribution in [2.75, 3.05) is 6.61 Å². The summed E-state index contributed by atoms with van der Waals surface area (Å²) in [5.74, 6) is 0. The number of hydrogen-bond acceptors (Lipinski definition) is 1. The molecule has 0 rings (SSSR count). The fourth-order valence-corrected chi connectivity index (χ4v) is 1.30. The lowest BCUT2D eigenvalue weighted by Gasteiger charge is -2.03. The van der Waals surface area contributed by atoms with E-state index in [9.17, 15) is 0 Å². The summed E-state index contributed by atoms with van der Waals surface area (Å²) in [6, 6.07) is 0. The highest BCUT2D eigenvalue weighted by Crippen LogP contribution is 2.13. The quantitative estimate of drug-likeness (QED) is 0.654. The second kappa shape index (κ2) is 8.49. The van der Waals surface area contributed by atoms with Crippen molar-refractivity contribution in [2.45, 2.75) is 47.0 Å². The lowest BCUT2D eigenvalue weighted by Crippen LogP contribution is -1.86. The first-order valence-corrected chi connectivity index (χ1v) is 5.61. The minimum atomic E-state index is 0.154. The fraction of sp³-hybridized carbons (Fsp3) is 0.571. The van der Waals surface area contributed by atoms with Crippen LogP contribution in [0.5, 0.6) is 0 Å². The normalized spacial score (nSPS) is 11.1. The zero-order chi connectivity index (χ0) is 11.7. The number of aliphatic hydroxyl groups excluding tert-OH is 1. The van der Waals surface area contributed by atoms with E-state index in [0.717, 1.165) is 19.3 Å². The Kier molecular flexibility index (Phi) is 8.02. The van der Waals surface area contributed by atoms with Gasteiger partial charge in [-0.25, -0.2) is 0 Å². The van der Waals surface area contributed by atoms with Gasteiger partial charge in [-0.1, -0.05) is 34.9 Å². The van der Waals surface area contributed by atoms with Crippen LogP contribution in [-0.2, 0) is 0 Å². The van der Waals surface area contributed by atoms with E-state index in [1.807, 2.05) is 6.08 Å². The summed E-state index contributed by atoms with van der Waals surface area (Å²) in [6.45, 7) is 8.59. The molecule has 0 radical (unpaired) electrons. The van der Waals surface area contributed by atoms with Gasteiger partial charge in [0.15, 0.2) is 0 Å². The molecule has 0 atom stereocenters. The van der Waals surface area contributed by atoms with E-state index in [1.54, 1.807) is 0 Å². The minimum absolute atomic E-state index is 0.154. The molecule has 15 heavy (non-hydrogen) atoms. The van der Waals surface area contributed by atoms with Crippen molar-refractivity contribution in [2.24, 2.45) is 0 Å². The van der Waals surface area contributed by atoms with E-state index in [4.69, 9.17) is 5.11 Å². The maximum atomic E-state index is 8.90. The summed E-state index contributed by atoms with van der Waals surface area (Å²) < 4.78 is 0. The first-order chi connectivity index (χ1) is 7.06. The molecule has 86 valence electrons. The van der Waals surface area contributed by atoms with Gasteiger partial charge < -0.3 is 5.11 Å². The van der Waals surface area contributed by atoms with Gasteiger partial charge in [-0.05, 0) is 47.0 Å². The monoisotopic (exact) mass is 208 g/mol. The molecule has 0 aliphatic heterocycles. The topological polar surface area (TPSA) is 20.2 Å². The van der Waals surface area contributed by atoms with E-state index in [1.165, 1.54) is 16.7 Å². The third kappa shape index (κ3) is 9.48. The molecule has 1 nitrogen and oxygen atoms in total. The molecule has 0 bridgehead atoms. The van der Waals surface area contributed by atoms with E-state index < -0.39 is 0 Å². The molecule has 0 fully saturated rings. The molecule has 0 spiro atoms. The van der Waals surface area contributed by atoms with Crippen molar-refractivity contribution in [3.8, 4) is 0 Å². The number of allylic oxidation sites excluding steroid dienone is 5. The molecule has 0 heterocycles. The molecular weight excluding hydrogens is 184 g/mol. The molecular formula is C14H24O. The molecule has 0 unspecified atom stereocenters.